The molecule has 8 heteroatoms. The summed E-state index contributed by atoms with van der Waals surface area (Å²) in [6.45, 7) is 6.99. The van der Waals surface area contributed by atoms with Crippen molar-refractivity contribution < 1.29 is 14.5 Å². The fourth-order valence-electron chi connectivity index (χ4n) is 3.03. The van der Waals surface area contributed by atoms with E-state index in [4.69, 9.17) is 4.74 Å². The van der Waals surface area contributed by atoms with Crippen molar-refractivity contribution in [2.45, 2.75) is 40.5 Å². The molecule has 156 valence electrons. The van der Waals surface area contributed by atoms with Gasteiger partial charge >= 0.3 is 5.69 Å². The molecule has 3 aromatic rings. The van der Waals surface area contributed by atoms with E-state index in [9.17, 15) is 14.9 Å². The Kier molecular flexibility index (Phi) is 6.46. The lowest BCUT2D eigenvalue weighted by molar-refractivity contribution is -0.386. The Hall–Kier alpha value is -3.68. The predicted octanol–water partition coefficient (Wildman–Crippen LogP) is 3.94. The second-order valence-electron chi connectivity index (χ2n) is 7.00. The number of nitrogens with one attached hydrogen (secondary N) is 1. The molecule has 30 heavy (non-hydrogen) atoms. The lowest BCUT2D eigenvalue weighted by Gasteiger charge is -2.09. The summed E-state index contributed by atoms with van der Waals surface area (Å²) in [5.74, 6) is -0.00863. The van der Waals surface area contributed by atoms with E-state index in [1.165, 1.54) is 6.07 Å². The minimum atomic E-state index is -0.463. The monoisotopic (exact) mass is 408 g/mol. The molecule has 1 heterocycles. The Labute approximate surface area is 174 Å². The van der Waals surface area contributed by atoms with Crippen LogP contribution in [0.25, 0.3) is 0 Å². The van der Waals surface area contributed by atoms with Gasteiger partial charge in [-0.1, -0.05) is 18.2 Å². The summed E-state index contributed by atoms with van der Waals surface area (Å²) in [6.07, 6.45) is 1.92. The normalized spacial score (nSPS) is 10.6. The summed E-state index contributed by atoms with van der Waals surface area (Å²) in [6, 6.07) is 11.8. The molecule has 2 aromatic carbocycles. The smallest absolute Gasteiger partial charge is 0.311 e. The van der Waals surface area contributed by atoms with Crippen molar-refractivity contribution >= 4 is 11.6 Å². The molecule has 0 aliphatic heterocycles. The zero-order valence-electron chi connectivity index (χ0n) is 17.2. The number of amides is 1. The number of carbonyl (C=O) groups excluding carboxylic acids is 1. The van der Waals surface area contributed by atoms with E-state index in [0.29, 0.717) is 12.1 Å². The highest BCUT2D eigenvalue weighted by molar-refractivity contribution is 5.94. The minimum Gasteiger partial charge on any atom is -0.482 e. The summed E-state index contributed by atoms with van der Waals surface area (Å²) in [4.78, 5) is 23.3. The summed E-state index contributed by atoms with van der Waals surface area (Å²) >= 11 is 0. The average molecular weight is 408 g/mol. The first kappa shape index (κ1) is 21.0. The van der Waals surface area contributed by atoms with Crippen molar-refractivity contribution in [3.8, 4) is 5.75 Å². The Morgan fingerprint density at radius 3 is 2.73 bits per heavy atom. The van der Waals surface area contributed by atoms with Gasteiger partial charge in [0.15, 0.2) is 5.75 Å². The van der Waals surface area contributed by atoms with Crippen LogP contribution in [0.2, 0.25) is 0 Å². The van der Waals surface area contributed by atoms with Gasteiger partial charge in [0, 0.05) is 36.5 Å². The first-order valence-electron chi connectivity index (χ1n) is 9.65. The van der Waals surface area contributed by atoms with Crippen molar-refractivity contribution in [3.63, 3.8) is 0 Å². The number of hydrogen-bond donors (Lipinski definition) is 1. The van der Waals surface area contributed by atoms with E-state index >= 15 is 0 Å². The van der Waals surface area contributed by atoms with Gasteiger partial charge in [-0.15, -0.1) is 0 Å². The molecule has 1 amide bonds. The molecular weight excluding hydrogens is 384 g/mol. The molecule has 0 aliphatic rings. The van der Waals surface area contributed by atoms with Crippen molar-refractivity contribution in [2.24, 2.45) is 0 Å². The van der Waals surface area contributed by atoms with Gasteiger partial charge in [-0.25, -0.2) is 0 Å². The molecule has 0 atom stereocenters. The molecular formula is C22H24N4O4. The molecule has 0 bridgehead atoms. The van der Waals surface area contributed by atoms with E-state index in [2.05, 4.69) is 10.4 Å². The van der Waals surface area contributed by atoms with E-state index < -0.39 is 4.92 Å². The van der Waals surface area contributed by atoms with Crippen molar-refractivity contribution in [2.75, 3.05) is 0 Å². The predicted molar refractivity (Wildman–Crippen MR) is 112 cm³/mol. The molecule has 3 rings (SSSR count). The highest BCUT2D eigenvalue weighted by atomic mass is 16.6. The Bertz CT molecular complexity index is 1070. The average Bonchev–Trinajstić information content (AvgIpc) is 3.11. The van der Waals surface area contributed by atoms with Crippen molar-refractivity contribution in [1.82, 2.24) is 15.1 Å². The van der Waals surface area contributed by atoms with Gasteiger partial charge in [0.25, 0.3) is 5.91 Å². The maximum Gasteiger partial charge on any atom is 0.311 e. The number of nitrogens with zero attached hydrogens (tertiary/aromatic N) is 3. The maximum absolute atomic E-state index is 12.5. The standard InChI is InChI=1S/C22H24N4O4/c1-4-25-13-19(16(3)24-25)12-23-22(27)18-7-5-6-17(11-18)14-30-21-9-8-15(2)10-20(21)26(28)29/h5-11,13H,4,12,14H2,1-3H3,(H,23,27). The van der Waals surface area contributed by atoms with Gasteiger partial charge in [0.2, 0.25) is 0 Å². The molecule has 0 unspecified atom stereocenters. The van der Waals surface area contributed by atoms with Crippen molar-refractivity contribution in [1.29, 1.82) is 0 Å². The van der Waals surface area contributed by atoms with Crippen LogP contribution in [0.5, 0.6) is 5.75 Å². The lowest BCUT2D eigenvalue weighted by Crippen LogP contribution is -2.23. The Morgan fingerprint density at radius 1 is 1.23 bits per heavy atom. The van der Waals surface area contributed by atoms with Crippen LogP contribution < -0.4 is 10.1 Å². The fourth-order valence-corrected chi connectivity index (χ4v) is 3.03. The van der Waals surface area contributed by atoms with Crippen LogP contribution >= 0.6 is 0 Å². The molecule has 0 fully saturated rings. The van der Waals surface area contributed by atoms with Gasteiger partial charge in [-0.2, -0.15) is 5.10 Å². The number of aromatic nitrogens is 2. The zero-order chi connectivity index (χ0) is 21.7. The van der Waals surface area contributed by atoms with Crippen LogP contribution in [0.1, 0.15) is 39.7 Å². The van der Waals surface area contributed by atoms with Crippen LogP contribution in [0, 0.1) is 24.0 Å². The van der Waals surface area contributed by atoms with Gasteiger partial charge in [-0.05, 0) is 50.1 Å². The van der Waals surface area contributed by atoms with E-state index in [1.807, 2.05) is 30.8 Å². The molecule has 8 nitrogen and oxygen atoms in total. The Balaban J connectivity index is 1.65. The number of ether oxygens (including phenoxy) is 1. The number of benzene rings is 2. The van der Waals surface area contributed by atoms with E-state index in [1.54, 1.807) is 37.3 Å². The minimum absolute atomic E-state index is 0.0770. The molecule has 0 spiro atoms. The van der Waals surface area contributed by atoms with Crippen LogP contribution in [-0.4, -0.2) is 20.6 Å². The maximum atomic E-state index is 12.5. The van der Waals surface area contributed by atoms with Gasteiger partial charge in [0.05, 0.1) is 10.6 Å². The first-order valence-corrected chi connectivity index (χ1v) is 9.65. The molecule has 1 N–H and O–H groups in total. The second kappa shape index (κ2) is 9.21. The molecule has 1 aromatic heterocycles. The number of nitro groups is 1. The second-order valence-corrected chi connectivity index (χ2v) is 7.00. The Morgan fingerprint density at radius 2 is 2.03 bits per heavy atom. The van der Waals surface area contributed by atoms with Crippen molar-refractivity contribution in [3.05, 3.63) is 86.7 Å². The van der Waals surface area contributed by atoms with Crippen LogP contribution in [-0.2, 0) is 19.7 Å². The number of aryl methyl sites for hydroxylation is 3. The third-order valence-corrected chi connectivity index (χ3v) is 4.71. The largest absolute Gasteiger partial charge is 0.482 e. The van der Waals surface area contributed by atoms with Crippen LogP contribution in [0.3, 0.4) is 0 Å². The zero-order valence-corrected chi connectivity index (χ0v) is 17.2. The number of rotatable bonds is 8. The fraction of sp³-hybridized carbons (Fsp3) is 0.273. The SMILES string of the molecule is CCn1cc(CNC(=O)c2cccc(COc3ccc(C)cc3[N+](=O)[O-])c2)c(C)n1. The highest BCUT2D eigenvalue weighted by Crippen LogP contribution is 2.28. The van der Waals surface area contributed by atoms with Crippen LogP contribution in [0.4, 0.5) is 5.69 Å². The quantitative estimate of drug-likeness (QED) is 0.450. The van der Waals surface area contributed by atoms with Crippen LogP contribution in [0.15, 0.2) is 48.7 Å². The third kappa shape index (κ3) is 5.02. The third-order valence-electron chi connectivity index (χ3n) is 4.71. The molecule has 0 radical (unpaired) electrons. The molecule has 0 saturated heterocycles. The first-order chi connectivity index (χ1) is 14.4. The highest BCUT2D eigenvalue weighted by Gasteiger charge is 2.15. The number of nitro benzene ring substituents is 1. The summed E-state index contributed by atoms with van der Waals surface area (Å²) in [5, 5.41) is 18.5. The van der Waals surface area contributed by atoms with Gasteiger partial charge in [-0.3, -0.25) is 19.6 Å². The topological polar surface area (TPSA) is 99.3 Å². The molecule has 0 aliphatic carbocycles. The van der Waals surface area contributed by atoms with Gasteiger partial charge < -0.3 is 10.1 Å². The summed E-state index contributed by atoms with van der Waals surface area (Å²) in [7, 11) is 0. The lowest BCUT2D eigenvalue weighted by atomic mass is 10.1. The van der Waals surface area contributed by atoms with E-state index in [0.717, 1.165) is 28.9 Å². The van der Waals surface area contributed by atoms with Gasteiger partial charge in [0.1, 0.15) is 6.61 Å². The summed E-state index contributed by atoms with van der Waals surface area (Å²) in [5.41, 5.74) is 3.80. The van der Waals surface area contributed by atoms with E-state index in [-0.39, 0.29) is 24.0 Å². The number of hydrogen-bond acceptors (Lipinski definition) is 5. The molecule has 0 saturated carbocycles. The summed E-state index contributed by atoms with van der Waals surface area (Å²) < 4.78 is 7.48. The number of carbonyl (C=O) groups is 1.